The van der Waals surface area contributed by atoms with Gasteiger partial charge in [0, 0.05) is 12.5 Å². The van der Waals surface area contributed by atoms with Crippen molar-refractivity contribution >= 4 is 46.3 Å². The van der Waals surface area contributed by atoms with E-state index < -0.39 is 23.6 Å². The molecular weight excluding hydrogens is 363 g/mol. The molecule has 0 unspecified atom stereocenters. The summed E-state index contributed by atoms with van der Waals surface area (Å²) in [5.74, 6) is -1.77. The zero-order valence-electron chi connectivity index (χ0n) is 12.1. The van der Waals surface area contributed by atoms with E-state index in [0.717, 1.165) is 23.9 Å². The molecule has 24 heavy (non-hydrogen) atoms. The molecule has 1 saturated heterocycles. The Labute approximate surface area is 145 Å². The fourth-order valence-electron chi connectivity index (χ4n) is 2.10. The second kappa shape index (κ2) is 7.35. The second-order valence-electron chi connectivity index (χ2n) is 4.89. The highest BCUT2D eigenvalue weighted by atomic mass is 32.2. The van der Waals surface area contributed by atoms with Gasteiger partial charge in [0.2, 0.25) is 0 Å². The molecule has 1 aromatic rings. The Morgan fingerprint density at radius 3 is 2.62 bits per heavy atom. The van der Waals surface area contributed by atoms with E-state index in [-0.39, 0.29) is 34.2 Å². The minimum absolute atomic E-state index is 0.0742. The predicted molar refractivity (Wildman–Crippen MR) is 85.6 cm³/mol. The SMILES string of the molecule is O=C([O-])CCCN1C(=O)/C(=C\c2ccccc2C(F)(F)F)SC1=S. The predicted octanol–water partition coefficient (Wildman–Crippen LogP) is 2.44. The third kappa shape index (κ3) is 4.35. The van der Waals surface area contributed by atoms with Crippen LogP contribution in [0.25, 0.3) is 6.08 Å². The summed E-state index contributed by atoms with van der Waals surface area (Å²) < 4.78 is 39.2. The van der Waals surface area contributed by atoms with Crippen molar-refractivity contribution in [1.29, 1.82) is 0 Å². The standard InChI is InChI=1S/C15H12F3NO3S2/c16-15(17,18)10-5-2-1-4-9(10)8-11-13(22)19(14(23)24-11)7-3-6-12(20)21/h1-2,4-5,8H,3,6-7H2,(H,20,21)/p-1/b11-8+. The quantitative estimate of drug-likeness (QED) is 0.585. The number of halogens is 3. The number of benzene rings is 1. The zero-order chi connectivity index (χ0) is 17.9. The number of amides is 1. The number of aliphatic carboxylic acids is 1. The van der Waals surface area contributed by atoms with Gasteiger partial charge in [-0.2, -0.15) is 13.2 Å². The summed E-state index contributed by atoms with van der Waals surface area (Å²) in [7, 11) is 0. The number of rotatable bonds is 5. The first kappa shape index (κ1) is 18.5. The Balaban J connectivity index is 2.22. The number of carboxylic acids is 1. The molecule has 1 aromatic carbocycles. The molecule has 1 aliphatic heterocycles. The molecule has 0 atom stereocenters. The summed E-state index contributed by atoms with van der Waals surface area (Å²) in [5.41, 5.74) is -0.965. The van der Waals surface area contributed by atoms with Crippen LogP contribution in [0, 0.1) is 0 Å². The van der Waals surface area contributed by atoms with Crippen LogP contribution in [0.5, 0.6) is 0 Å². The first-order valence-corrected chi connectivity index (χ1v) is 8.04. The third-order valence-corrected chi connectivity index (χ3v) is 4.57. The van der Waals surface area contributed by atoms with Gasteiger partial charge in [-0.3, -0.25) is 9.69 Å². The summed E-state index contributed by atoms with van der Waals surface area (Å²) in [4.78, 5) is 23.9. The van der Waals surface area contributed by atoms with Crippen molar-refractivity contribution in [1.82, 2.24) is 4.90 Å². The second-order valence-corrected chi connectivity index (χ2v) is 6.57. The van der Waals surface area contributed by atoms with E-state index in [4.69, 9.17) is 12.2 Å². The number of carbonyl (C=O) groups is 2. The van der Waals surface area contributed by atoms with Crippen LogP contribution in [-0.2, 0) is 15.8 Å². The van der Waals surface area contributed by atoms with Crippen LogP contribution in [0.1, 0.15) is 24.0 Å². The molecule has 0 aromatic heterocycles. The molecular formula is C15H11F3NO3S2-. The molecule has 1 aliphatic rings. The fourth-order valence-corrected chi connectivity index (χ4v) is 3.40. The maximum atomic E-state index is 13.0. The van der Waals surface area contributed by atoms with Gasteiger partial charge in [0.05, 0.1) is 10.5 Å². The van der Waals surface area contributed by atoms with E-state index in [0.29, 0.717) is 0 Å². The van der Waals surface area contributed by atoms with Gasteiger partial charge in [-0.05, 0) is 30.5 Å². The molecule has 0 aliphatic carbocycles. The van der Waals surface area contributed by atoms with Crippen molar-refractivity contribution < 1.29 is 27.9 Å². The number of carboxylic acid groups (broad SMARTS) is 1. The molecule has 2 rings (SSSR count). The van der Waals surface area contributed by atoms with Crippen LogP contribution >= 0.6 is 24.0 Å². The molecule has 1 amide bonds. The molecule has 128 valence electrons. The summed E-state index contributed by atoms with van der Waals surface area (Å²) in [6, 6.07) is 4.92. The van der Waals surface area contributed by atoms with Crippen molar-refractivity contribution in [2.24, 2.45) is 0 Å². The fraction of sp³-hybridized carbons (Fsp3) is 0.267. The minimum atomic E-state index is -4.53. The Kier molecular flexibility index (Phi) is 5.66. The van der Waals surface area contributed by atoms with Gasteiger partial charge in [-0.1, -0.05) is 42.2 Å². The van der Waals surface area contributed by atoms with E-state index in [1.165, 1.54) is 23.1 Å². The van der Waals surface area contributed by atoms with Gasteiger partial charge in [0.25, 0.3) is 5.91 Å². The Morgan fingerprint density at radius 1 is 1.33 bits per heavy atom. The van der Waals surface area contributed by atoms with Crippen LogP contribution < -0.4 is 5.11 Å². The first-order chi connectivity index (χ1) is 11.2. The van der Waals surface area contributed by atoms with Crippen molar-refractivity contribution in [3.8, 4) is 0 Å². The largest absolute Gasteiger partial charge is 0.550 e. The number of hydrogen-bond donors (Lipinski definition) is 0. The average Bonchev–Trinajstić information content (AvgIpc) is 2.74. The van der Waals surface area contributed by atoms with Gasteiger partial charge in [-0.15, -0.1) is 0 Å². The summed E-state index contributed by atoms with van der Waals surface area (Å²) >= 11 is 5.93. The Bertz CT molecular complexity index is 716. The molecule has 0 saturated carbocycles. The summed E-state index contributed by atoms with van der Waals surface area (Å²) in [6.45, 7) is 0.0803. The maximum absolute atomic E-state index is 13.0. The van der Waals surface area contributed by atoms with E-state index in [1.807, 2.05) is 0 Å². The number of alkyl halides is 3. The molecule has 9 heteroatoms. The molecule has 4 nitrogen and oxygen atoms in total. The van der Waals surface area contributed by atoms with Gasteiger partial charge in [0.1, 0.15) is 4.32 Å². The molecule has 1 fully saturated rings. The lowest BCUT2D eigenvalue weighted by atomic mass is 10.1. The van der Waals surface area contributed by atoms with Gasteiger partial charge < -0.3 is 9.90 Å². The Hall–Kier alpha value is -1.87. The smallest absolute Gasteiger partial charge is 0.416 e. The number of nitrogens with zero attached hydrogens (tertiary/aromatic N) is 1. The van der Waals surface area contributed by atoms with Gasteiger partial charge >= 0.3 is 6.18 Å². The van der Waals surface area contributed by atoms with Crippen molar-refractivity contribution in [2.45, 2.75) is 19.0 Å². The lowest BCUT2D eigenvalue weighted by Gasteiger charge is -2.14. The highest BCUT2D eigenvalue weighted by molar-refractivity contribution is 8.26. The lowest BCUT2D eigenvalue weighted by Crippen LogP contribution is -2.30. The van der Waals surface area contributed by atoms with Crippen molar-refractivity contribution in [2.75, 3.05) is 6.54 Å². The van der Waals surface area contributed by atoms with Crippen LogP contribution in [0.4, 0.5) is 13.2 Å². The highest BCUT2D eigenvalue weighted by Crippen LogP contribution is 2.36. The molecule has 0 spiro atoms. The van der Waals surface area contributed by atoms with E-state index >= 15 is 0 Å². The number of thioether (sulfide) groups is 1. The van der Waals surface area contributed by atoms with Crippen LogP contribution in [-0.4, -0.2) is 27.6 Å². The summed E-state index contributed by atoms with van der Waals surface area (Å²) in [5, 5.41) is 10.4. The van der Waals surface area contributed by atoms with E-state index in [1.54, 1.807) is 0 Å². The van der Waals surface area contributed by atoms with Crippen molar-refractivity contribution in [3.63, 3.8) is 0 Å². The molecule has 0 radical (unpaired) electrons. The zero-order valence-corrected chi connectivity index (χ0v) is 13.8. The average molecular weight is 374 g/mol. The first-order valence-electron chi connectivity index (χ1n) is 6.81. The monoisotopic (exact) mass is 374 g/mol. The minimum Gasteiger partial charge on any atom is -0.550 e. The third-order valence-electron chi connectivity index (χ3n) is 3.19. The van der Waals surface area contributed by atoms with Crippen molar-refractivity contribution in [3.05, 3.63) is 40.3 Å². The van der Waals surface area contributed by atoms with Gasteiger partial charge in [-0.25, -0.2) is 0 Å². The Morgan fingerprint density at radius 2 is 2.00 bits per heavy atom. The van der Waals surface area contributed by atoms with Crippen LogP contribution in [0.3, 0.4) is 0 Å². The molecule has 1 heterocycles. The molecule has 0 N–H and O–H groups in total. The maximum Gasteiger partial charge on any atom is 0.416 e. The topological polar surface area (TPSA) is 60.4 Å². The molecule has 0 bridgehead atoms. The highest BCUT2D eigenvalue weighted by Gasteiger charge is 2.35. The number of thiocarbonyl (C=S) groups is 1. The summed E-state index contributed by atoms with van der Waals surface area (Å²) in [6.07, 6.45) is -3.45. The van der Waals surface area contributed by atoms with E-state index in [2.05, 4.69) is 0 Å². The van der Waals surface area contributed by atoms with Crippen LogP contribution in [0.2, 0.25) is 0 Å². The van der Waals surface area contributed by atoms with Crippen LogP contribution in [0.15, 0.2) is 29.2 Å². The number of carbonyl (C=O) groups excluding carboxylic acids is 2. The number of hydrogen-bond acceptors (Lipinski definition) is 5. The van der Waals surface area contributed by atoms with E-state index in [9.17, 15) is 27.9 Å². The lowest BCUT2D eigenvalue weighted by molar-refractivity contribution is -0.305. The van der Waals surface area contributed by atoms with Gasteiger partial charge in [0.15, 0.2) is 0 Å². The normalized spacial score (nSPS) is 17.0.